The third-order valence-electron chi connectivity index (χ3n) is 5.31. The molecule has 31 heavy (non-hydrogen) atoms. The molecule has 1 saturated heterocycles. The van der Waals surface area contributed by atoms with Gasteiger partial charge < -0.3 is 9.32 Å². The molecule has 1 amide bonds. The van der Waals surface area contributed by atoms with Gasteiger partial charge in [-0.05, 0) is 24.5 Å². The summed E-state index contributed by atoms with van der Waals surface area (Å²) in [6.45, 7) is 2.63. The first-order chi connectivity index (χ1) is 15.0. The monoisotopic (exact) mass is 439 g/mol. The van der Waals surface area contributed by atoms with Crippen LogP contribution >= 0.6 is 11.8 Å². The number of rotatable bonds is 6. The molecular formula is C23H22FN3O3S. The summed E-state index contributed by atoms with van der Waals surface area (Å²) < 4.78 is 20.0. The number of nitrogens with zero attached hydrogens (tertiary/aromatic N) is 3. The highest BCUT2D eigenvalue weighted by atomic mass is 32.2. The second kappa shape index (κ2) is 9.43. The Labute approximate surface area is 183 Å². The first kappa shape index (κ1) is 21.2. The van der Waals surface area contributed by atoms with Gasteiger partial charge in [-0.2, -0.15) is 0 Å². The number of hydrogen-bond acceptors (Lipinski definition) is 6. The smallest absolute Gasteiger partial charge is 0.277 e. The van der Waals surface area contributed by atoms with E-state index < -0.39 is 5.82 Å². The summed E-state index contributed by atoms with van der Waals surface area (Å²) in [6.07, 6.45) is 1.41. The molecule has 2 heterocycles. The molecule has 0 aliphatic carbocycles. The minimum absolute atomic E-state index is 0.0797. The predicted molar refractivity (Wildman–Crippen MR) is 115 cm³/mol. The highest BCUT2D eigenvalue weighted by Crippen LogP contribution is 2.27. The van der Waals surface area contributed by atoms with Crippen LogP contribution in [0.4, 0.5) is 4.39 Å². The number of amides is 1. The van der Waals surface area contributed by atoms with Gasteiger partial charge >= 0.3 is 0 Å². The summed E-state index contributed by atoms with van der Waals surface area (Å²) >= 11 is 1.18. The summed E-state index contributed by atoms with van der Waals surface area (Å²) in [5, 5.41) is 7.96. The molecular weight excluding hydrogens is 417 g/mol. The van der Waals surface area contributed by atoms with Crippen LogP contribution in [0, 0.1) is 18.7 Å². The van der Waals surface area contributed by atoms with E-state index in [1.54, 1.807) is 24.0 Å². The van der Waals surface area contributed by atoms with Crippen LogP contribution in [0.5, 0.6) is 0 Å². The number of piperidine rings is 1. The van der Waals surface area contributed by atoms with E-state index in [2.05, 4.69) is 10.2 Å². The topological polar surface area (TPSA) is 76.3 Å². The van der Waals surface area contributed by atoms with Gasteiger partial charge in [-0.3, -0.25) is 9.59 Å². The number of thioether (sulfide) groups is 1. The minimum Gasteiger partial charge on any atom is -0.416 e. The van der Waals surface area contributed by atoms with E-state index in [1.807, 2.05) is 30.3 Å². The fraction of sp³-hybridized carbons (Fsp3) is 0.304. The molecule has 1 aliphatic heterocycles. The summed E-state index contributed by atoms with van der Waals surface area (Å²) in [6, 6.07) is 13.8. The third kappa shape index (κ3) is 5.02. The third-order valence-corrected chi connectivity index (χ3v) is 6.11. The van der Waals surface area contributed by atoms with Crippen molar-refractivity contribution in [1.82, 2.24) is 15.1 Å². The summed E-state index contributed by atoms with van der Waals surface area (Å²) in [4.78, 5) is 27.3. The van der Waals surface area contributed by atoms with Crippen LogP contribution < -0.4 is 0 Å². The number of likely N-dealkylation sites (tertiary alicyclic amines) is 1. The number of benzene rings is 2. The largest absolute Gasteiger partial charge is 0.416 e. The summed E-state index contributed by atoms with van der Waals surface area (Å²) in [7, 11) is 0. The average molecular weight is 440 g/mol. The number of carbonyl (C=O) groups excluding carboxylic acids is 2. The Morgan fingerprint density at radius 1 is 1.19 bits per heavy atom. The van der Waals surface area contributed by atoms with Crippen LogP contribution in [-0.4, -0.2) is 45.6 Å². The lowest BCUT2D eigenvalue weighted by Gasteiger charge is -2.32. The zero-order valence-electron chi connectivity index (χ0n) is 17.1. The SMILES string of the molecule is Cc1nnc(SCC(=O)N2CCCC(C(=O)c3ccc(-c4ccccc4)c(F)c3)C2)o1. The molecule has 160 valence electrons. The van der Waals surface area contributed by atoms with Crippen molar-refractivity contribution in [3.05, 3.63) is 65.8 Å². The molecule has 2 aromatic carbocycles. The highest BCUT2D eigenvalue weighted by Gasteiger charge is 2.29. The van der Waals surface area contributed by atoms with Crippen LogP contribution in [0.15, 0.2) is 58.2 Å². The fourth-order valence-electron chi connectivity index (χ4n) is 3.73. The molecule has 0 spiro atoms. The van der Waals surface area contributed by atoms with Crippen LogP contribution in [0.1, 0.15) is 29.1 Å². The number of ketones is 1. The van der Waals surface area contributed by atoms with Gasteiger partial charge in [0, 0.05) is 37.1 Å². The Kier molecular flexibility index (Phi) is 6.46. The van der Waals surface area contributed by atoms with E-state index in [9.17, 15) is 14.0 Å². The Morgan fingerprint density at radius 2 is 2.00 bits per heavy atom. The lowest BCUT2D eigenvalue weighted by Crippen LogP contribution is -2.43. The lowest BCUT2D eigenvalue weighted by atomic mass is 9.89. The van der Waals surface area contributed by atoms with E-state index in [0.29, 0.717) is 41.8 Å². The number of aryl methyl sites for hydroxylation is 1. The summed E-state index contributed by atoms with van der Waals surface area (Å²) in [5.74, 6) is -0.352. The van der Waals surface area contributed by atoms with Crippen LogP contribution in [0.25, 0.3) is 11.1 Å². The van der Waals surface area contributed by atoms with Crippen molar-refractivity contribution in [2.75, 3.05) is 18.8 Å². The molecule has 0 N–H and O–H groups in total. The molecule has 0 bridgehead atoms. The van der Waals surface area contributed by atoms with Crippen molar-refractivity contribution in [2.45, 2.75) is 25.0 Å². The van der Waals surface area contributed by atoms with E-state index in [4.69, 9.17) is 4.42 Å². The average Bonchev–Trinajstić information content (AvgIpc) is 3.22. The van der Waals surface area contributed by atoms with Crippen molar-refractivity contribution in [2.24, 2.45) is 5.92 Å². The van der Waals surface area contributed by atoms with Gasteiger partial charge in [-0.1, -0.05) is 54.2 Å². The van der Waals surface area contributed by atoms with Crippen molar-refractivity contribution in [1.29, 1.82) is 0 Å². The van der Waals surface area contributed by atoms with Crippen molar-refractivity contribution in [3.63, 3.8) is 0 Å². The van der Waals surface area contributed by atoms with Gasteiger partial charge in [0.2, 0.25) is 11.8 Å². The molecule has 1 unspecified atom stereocenters. The number of Topliss-reactive ketones (excluding diaryl/α,β-unsaturated/α-hetero) is 1. The van der Waals surface area contributed by atoms with Crippen molar-refractivity contribution < 1.29 is 18.4 Å². The maximum Gasteiger partial charge on any atom is 0.277 e. The Morgan fingerprint density at radius 3 is 2.71 bits per heavy atom. The second-order valence-electron chi connectivity index (χ2n) is 7.48. The standard InChI is InChI=1S/C23H22FN3O3S/c1-15-25-26-23(30-15)31-14-21(28)27-11-5-8-18(13-27)22(29)17-9-10-19(20(24)12-17)16-6-3-2-4-7-16/h2-4,6-7,9-10,12,18H,5,8,11,13-14H2,1H3. The normalized spacial score (nSPS) is 16.3. The zero-order chi connectivity index (χ0) is 21.8. The predicted octanol–water partition coefficient (Wildman–Crippen LogP) is 4.40. The summed E-state index contributed by atoms with van der Waals surface area (Å²) in [5.41, 5.74) is 1.57. The lowest BCUT2D eigenvalue weighted by molar-refractivity contribution is -0.129. The minimum atomic E-state index is -0.424. The van der Waals surface area contributed by atoms with Crippen LogP contribution in [0.3, 0.4) is 0 Å². The fourth-order valence-corrected chi connectivity index (χ4v) is 4.43. The van der Waals surface area contributed by atoms with E-state index in [-0.39, 0.29) is 23.4 Å². The molecule has 8 heteroatoms. The quantitative estimate of drug-likeness (QED) is 0.419. The van der Waals surface area contributed by atoms with Crippen LogP contribution in [-0.2, 0) is 4.79 Å². The van der Waals surface area contributed by atoms with Gasteiger partial charge in [0.25, 0.3) is 5.22 Å². The van der Waals surface area contributed by atoms with Gasteiger partial charge in [0.05, 0.1) is 5.75 Å². The molecule has 1 atom stereocenters. The Balaban J connectivity index is 1.40. The van der Waals surface area contributed by atoms with Gasteiger partial charge in [0.15, 0.2) is 5.78 Å². The molecule has 4 rings (SSSR count). The first-order valence-electron chi connectivity index (χ1n) is 10.1. The molecule has 6 nitrogen and oxygen atoms in total. The van der Waals surface area contributed by atoms with E-state index in [0.717, 1.165) is 12.0 Å². The van der Waals surface area contributed by atoms with Gasteiger partial charge in [-0.25, -0.2) is 4.39 Å². The molecule has 0 radical (unpaired) electrons. The van der Waals surface area contributed by atoms with Crippen LogP contribution in [0.2, 0.25) is 0 Å². The van der Waals surface area contributed by atoms with Gasteiger partial charge in [0.1, 0.15) is 5.82 Å². The molecule has 1 aromatic heterocycles. The molecule has 1 fully saturated rings. The zero-order valence-corrected chi connectivity index (χ0v) is 17.9. The number of halogens is 1. The molecule has 1 aliphatic rings. The van der Waals surface area contributed by atoms with E-state index in [1.165, 1.54) is 17.8 Å². The van der Waals surface area contributed by atoms with Gasteiger partial charge in [-0.15, -0.1) is 10.2 Å². The Hall–Kier alpha value is -3.00. The maximum absolute atomic E-state index is 14.7. The first-order valence-corrected chi connectivity index (χ1v) is 11.1. The molecule has 3 aromatic rings. The molecule has 0 saturated carbocycles. The highest BCUT2D eigenvalue weighted by molar-refractivity contribution is 7.99. The van der Waals surface area contributed by atoms with Crippen molar-refractivity contribution in [3.8, 4) is 11.1 Å². The Bertz CT molecular complexity index is 1090. The number of aromatic nitrogens is 2. The maximum atomic E-state index is 14.7. The van der Waals surface area contributed by atoms with Crippen molar-refractivity contribution >= 4 is 23.5 Å². The number of carbonyl (C=O) groups is 2. The second-order valence-corrected chi connectivity index (χ2v) is 8.41. The van der Waals surface area contributed by atoms with E-state index >= 15 is 0 Å². The number of hydrogen-bond donors (Lipinski definition) is 0.